The highest BCUT2D eigenvalue weighted by Gasteiger charge is 2.48. The van der Waals surface area contributed by atoms with Gasteiger partial charge in [0.05, 0.1) is 11.7 Å². The summed E-state index contributed by atoms with van der Waals surface area (Å²) in [5.41, 5.74) is 1.57. The maximum Gasteiger partial charge on any atom is 0.246 e. The fourth-order valence-electron chi connectivity index (χ4n) is 4.32. The number of fused-ring (bicyclic) bond motifs is 1. The summed E-state index contributed by atoms with van der Waals surface area (Å²) in [6.45, 7) is 1.19. The Hall–Kier alpha value is -2.90. The standard InChI is InChI=1S/C24H27ClN4O3/c1-28-21-8-7-20(15-19(21)17-27-28)29(22(30)9-12-25)24(10-13-32-14-11-24)23(31)26-16-18-5-3-2-4-6-18/h2-8,15,17H,9-14,16H2,1H3,(H,26,31). The number of carbonyl (C=O) groups is 2. The molecule has 1 saturated heterocycles. The summed E-state index contributed by atoms with van der Waals surface area (Å²) in [7, 11) is 1.87. The fourth-order valence-corrected chi connectivity index (χ4v) is 4.48. The number of carbonyl (C=O) groups excluding carboxylic acids is 2. The van der Waals surface area contributed by atoms with Crippen LogP contribution in [0, 0.1) is 0 Å². The second-order valence-corrected chi connectivity index (χ2v) is 8.37. The molecule has 168 valence electrons. The average Bonchev–Trinajstić information content (AvgIpc) is 3.19. The number of alkyl halides is 1. The molecule has 8 heteroatoms. The molecule has 2 amide bonds. The van der Waals surface area contributed by atoms with Crippen LogP contribution in [0.15, 0.2) is 54.7 Å². The normalized spacial score (nSPS) is 15.4. The zero-order chi connectivity index (χ0) is 22.6. The molecule has 0 saturated carbocycles. The molecule has 0 unspecified atom stereocenters. The summed E-state index contributed by atoms with van der Waals surface area (Å²) in [4.78, 5) is 28.7. The molecule has 0 radical (unpaired) electrons. The molecule has 1 aliphatic rings. The van der Waals surface area contributed by atoms with Gasteiger partial charge in [-0.15, -0.1) is 11.6 Å². The van der Waals surface area contributed by atoms with Gasteiger partial charge < -0.3 is 10.1 Å². The Morgan fingerprint density at radius 1 is 1.19 bits per heavy atom. The number of hydrogen-bond acceptors (Lipinski definition) is 4. The van der Waals surface area contributed by atoms with Gasteiger partial charge in [0.2, 0.25) is 11.8 Å². The predicted molar refractivity (Wildman–Crippen MR) is 125 cm³/mol. The van der Waals surface area contributed by atoms with Gasteiger partial charge in [0.15, 0.2) is 0 Å². The van der Waals surface area contributed by atoms with Crippen molar-refractivity contribution in [1.29, 1.82) is 0 Å². The monoisotopic (exact) mass is 454 g/mol. The van der Waals surface area contributed by atoms with Crippen molar-refractivity contribution in [3.05, 3.63) is 60.3 Å². The third-order valence-electron chi connectivity index (χ3n) is 6.01. The minimum Gasteiger partial charge on any atom is -0.381 e. The number of nitrogens with one attached hydrogen (secondary N) is 1. The van der Waals surface area contributed by atoms with Gasteiger partial charge in [0, 0.05) is 63.0 Å². The van der Waals surface area contributed by atoms with Crippen molar-refractivity contribution in [2.45, 2.75) is 31.3 Å². The number of aryl methyl sites for hydroxylation is 1. The first kappa shape index (κ1) is 22.3. The molecular weight excluding hydrogens is 428 g/mol. The van der Waals surface area contributed by atoms with Crippen LogP contribution in [0.5, 0.6) is 0 Å². The number of benzene rings is 2. The van der Waals surface area contributed by atoms with Gasteiger partial charge in [-0.2, -0.15) is 5.10 Å². The number of anilines is 1. The van der Waals surface area contributed by atoms with E-state index in [1.54, 1.807) is 15.8 Å². The first-order valence-electron chi connectivity index (χ1n) is 10.8. The molecule has 1 fully saturated rings. The third-order valence-corrected chi connectivity index (χ3v) is 6.20. The van der Waals surface area contributed by atoms with Crippen molar-refractivity contribution in [2.75, 3.05) is 24.0 Å². The Labute approximate surface area is 192 Å². The van der Waals surface area contributed by atoms with Crippen LogP contribution in [0.1, 0.15) is 24.8 Å². The van der Waals surface area contributed by atoms with Crippen LogP contribution in [0.2, 0.25) is 0 Å². The van der Waals surface area contributed by atoms with Crippen LogP contribution < -0.4 is 10.2 Å². The SMILES string of the molecule is Cn1ncc2cc(N(C(=O)CCCl)C3(C(=O)NCc4ccccc4)CCOCC3)ccc21. The lowest BCUT2D eigenvalue weighted by molar-refractivity contribution is -0.134. The lowest BCUT2D eigenvalue weighted by atomic mass is 9.85. The van der Waals surface area contributed by atoms with E-state index in [0.717, 1.165) is 16.5 Å². The van der Waals surface area contributed by atoms with E-state index in [2.05, 4.69) is 10.4 Å². The summed E-state index contributed by atoms with van der Waals surface area (Å²) in [5.74, 6) is -0.179. The summed E-state index contributed by atoms with van der Waals surface area (Å²) in [6, 6.07) is 15.4. The quantitative estimate of drug-likeness (QED) is 0.555. The van der Waals surface area contributed by atoms with E-state index in [9.17, 15) is 9.59 Å². The highest BCUT2D eigenvalue weighted by atomic mass is 35.5. The van der Waals surface area contributed by atoms with E-state index in [4.69, 9.17) is 16.3 Å². The van der Waals surface area contributed by atoms with E-state index in [-0.39, 0.29) is 24.1 Å². The number of halogens is 1. The number of hydrogen-bond donors (Lipinski definition) is 1. The predicted octanol–water partition coefficient (Wildman–Crippen LogP) is 3.40. The van der Waals surface area contributed by atoms with E-state index >= 15 is 0 Å². The zero-order valence-electron chi connectivity index (χ0n) is 18.1. The molecule has 32 heavy (non-hydrogen) atoms. The molecule has 1 aromatic heterocycles. The minimum absolute atomic E-state index is 0.140. The molecule has 0 atom stereocenters. The van der Waals surface area contributed by atoms with Crippen molar-refractivity contribution in [3.63, 3.8) is 0 Å². The Balaban J connectivity index is 1.72. The molecule has 2 heterocycles. The first-order valence-corrected chi connectivity index (χ1v) is 11.3. The molecule has 0 aliphatic carbocycles. The molecule has 1 N–H and O–H groups in total. The molecule has 0 spiro atoms. The van der Waals surface area contributed by atoms with Gasteiger partial charge >= 0.3 is 0 Å². The largest absolute Gasteiger partial charge is 0.381 e. The maximum atomic E-state index is 13.7. The van der Waals surface area contributed by atoms with Crippen LogP contribution in [0.3, 0.4) is 0 Å². The van der Waals surface area contributed by atoms with Crippen molar-refractivity contribution in [2.24, 2.45) is 7.05 Å². The topological polar surface area (TPSA) is 76.5 Å². The molecule has 0 bridgehead atoms. The van der Waals surface area contributed by atoms with Crippen molar-refractivity contribution < 1.29 is 14.3 Å². The zero-order valence-corrected chi connectivity index (χ0v) is 18.8. The van der Waals surface area contributed by atoms with Gasteiger partial charge in [-0.1, -0.05) is 30.3 Å². The van der Waals surface area contributed by atoms with Crippen molar-refractivity contribution in [1.82, 2.24) is 15.1 Å². The summed E-state index contributed by atoms with van der Waals surface area (Å²) in [6.07, 6.45) is 2.72. The molecular formula is C24H27ClN4O3. The van der Waals surface area contributed by atoms with Gasteiger partial charge in [-0.05, 0) is 23.8 Å². The molecule has 2 aromatic carbocycles. The van der Waals surface area contributed by atoms with Gasteiger partial charge in [0.1, 0.15) is 5.54 Å². The van der Waals surface area contributed by atoms with E-state index in [0.29, 0.717) is 38.3 Å². The summed E-state index contributed by atoms with van der Waals surface area (Å²) < 4.78 is 7.36. The van der Waals surface area contributed by atoms with Crippen LogP contribution in [-0.4, -0.2) is 46.2 Å². The van der Waals surface area contributed by atoms with E-state index < -0.39 is 5.54 Å². The number of nitrogens with zero attached hydrogens (tertiary/aromatic N) is 3. The number of rotatable bonds is 7. The van der Waals surface area contributed by atoms with E-state index in [1.807, 2.05) is 55.6 Å². The van der Waals surface area contributed by atoms with Crippen LogP contribution in [0.25, 0.3) is 10.9 Å². The lowest BCUT2D eigenvalue weighted by Gasteiger charge is -2.45. The Kier molecular flexibility index (Phi) is 6.77. The number of aromatic nitrogens is 2. The minimum atomic E-state index is -1.05. The summed E-state index contributed by atoms with van der Waals surface area (Å²) >= 11 is 5.95. The molecule has 7 nitrogen and oxygen atoms in total. The van der Waals surface area contributed by atoms with Crippen molar-refractivity contribution >= 4 is 40.0 Å². The van der Waals surface area contributed by atoms with Gasteiger partial charge in [-0.3, -0.25) is 19.2 Å². The first-order chi connectivity index (χ1) is 15.5. The highest BCUT2D eigenvalue weighted by molar-refractivity contribution is 6.19. The van der Waals surface area contributed by atoms with Crippen LogP contribution >= 0.6 is 11.6 Å². The fraction of sp³-hybridized carbons (Fsp3) is 0.375. The molecule has 1 aliphatic heterocycles. The Morgan fingerprint density at radius 2 is 1.94 bits per heavy atom. The van der Waals surface area contributed by atoms with Crippen LogP contribution in [0.4, 0.5) is 5.69 Å². The number of amides is 2. The average molecular weight is 455 g/mol. The third kappa shape index (κ3) is 4.36. The smallest absolute Gasteiger partial charge is 0.246 e. The van der Waals surface area contributed by atoms with Crippen LogP contribution in [-0.2, 0) is 27.9 Å². The highest BCUT2D eigenvalue weighted by Crippen LogP contribution is 2.35. The van der Waals surface area contributed by atoms with Crippen molar-refractivity contribution in [3.8, 4) is 0 Å². The van der Waals surface area contributed by atoms with Gasteiger partial charge in [-0.25, -0.2) is 0 Å². The molecule has 4 rings (SSSR count). The Morgan fingerprint density at radius 3 is 2.66 bits per heavy atom. The maximum absolute atomic E-state index is 13.7. The van der Waals surface area contributed by atoms with Gasteiger partial charge in [0.25, 0.3) is 0 Å². The second kappa shape index (κ2) is 9.71. The van der Waals surface area contributed by atoms with E-state index in [1.165, 1.54) is 0 Å². The molecule has 3 aromatic rings. The number of ether oxygens (including phenoxy) is 1. The summed E-state index contributed by atoms with van der Waals surface area (Å²) in [5, 5.41) is 8.26. The lowest BCUT2D eigenvalue weighted by Crippen LogP contribution is -2.63. The Bertz CT molecular complexity index is 1090. The second-order valence-electron chi connectivity index (χ2n) is 7.99.